The van der Waals surface area contributed by atoms with Crippen LogP contribution in [0.25, 0.3) is 0 Å². The summed E-state index contributed by atoms with van der Waals surface area (Å²) in [7, 11) is 3.57. The van der Waals surface area contributed by atoms with E-state index in [-0.39, 0.29) is 17.0 Å². The van der Waals surface area contributed by atoms with Crippen molar-refractivity contribution in [2.45, 2.75) is 25.8 Å². The predicted molar refractivity (Wildman–Crippen MR) is 113 cm³/mol. The molecular weight excluding hydrogens is 427 g/mol. The van der Waals surface area contributed by atoms with E-state index in [2.05, 4.69) is 20.7 Å². The molecule has 0 spiro atoms. The number of halogens is 2. The van der Waals surface area contributed by atoms with Gasteiger partial charge in [-0.15, -0.1) is 0 Å². The van der Waals surface area contributed by atoms with Gasteiger partial charge >= 0.3 is 6.09 Å². The molecule has 1 aromatic carbocycles. The molecule has 0 saturated carbocycles. The highest BCUT2D eigenvalue weighted by Crippen LogP contribution is 2.35. The van der Waals surface area contributed by atoms with Gasteiger partial charge in [-0.05, 0) is 49.1 Å². The van der Waals surface area contributed by atoms with Crippen molar-refractivity contribution in [2.24, 2.45) is 14.1 Å². The second-order valence-corrected chi connectivity index (χ2v) is 7.52. The first-order chi connectivity index (χ1) is 14.7. The Morgan fingerprint density at radius 1 is 1.32 bits per heavy atom. The summed E-state index contributed by atoms with van der Waals surface area (Å²) in [5.74, 6) is -0.0862. The number of carbonyl (C=O) groups is 2. The zero-order valence-corrected chi connectivity index (χ0v) is 17.9. The number of rotatable bonds is 3. The van der Waals surface area contributed by atoms with E-state index in [0.717, 1.165) is 17.0 Å². The monoisotopic (exact) mass is 448 g/mol. The van der Waals surface area contributed by atoms with Crippen molar-refractivity contribution in [3.8, 4) is 0 Å². The van der Waals surface area contributed by atoms with Gasteiger partial charge in [0.1, 0.15) is 23.7 Å². The van der Waals surface area contributed by atoms with Crippen LogP contribution in [-0.4, -0.2) is 36.4 Å². The Morgan fingerprint density at radius 3 is 2.61 bits per heavy atom. The van der Waals surface area contributed by atoms with Crippen LogP contribution in [0.15, 0.2) is 30.7 Å². The van der Waals surface area contributed by atoms with Gasteiger partial charge in [0.2, 0.25) is 0 Å². The smallest absolute Gasteiger partial charge is 0.405 e. The largest absolute Gasteiger partial charge is 0.465 e. The molecule has 1 unspecified atom stereocenters. The third kappa shape index (κ3) is 5.21. The maximum absolute atomic E-state index is 13.2. The topological polar surface area (TPSA) is 114 Å². The molecule has 1 aliphatic carbocycles. The summed E-state index contributed by atoms with van der Waals surface area (Å²) in [6, 6.07) is 3.63. The van der Waals surface area contributed by atoms with Crippen LogP contribution in [0.5, 0.6) is 0 Å². The molecule has 9 nitrogen and oxygen atoms in total. The number of carbonyl (C=O) groups excluding carboxylic acids is 1. The fourth-order valence-electron chi connectivity index (χ4n) is 3.52. The second-order valence-electron chi connectivity index (χ2n) is 7.11. The van der Waals surface area contributed by atoms with Crippen LogP contribution < -0.4 is 10.6 Å². The lowest BCUT2D eigenvalue weighted by Crippen LogP contribution is -2.24. The lowest BCUT2D eigenvalue weighted by molar-refractivity contribution is 0.101. The van der Waals surface area contributed by atoms with Crippen molar-refractivity contribution in [1.29, 1.82) is 0 Å². The molecule has 164 valence electrons. The van der Waals surface area contributed by atoms with Gasteiger partial charge in [0, 0.05) is 26.0 Å². The maximum atomic E-state index is 13.2. The molecule has 1 atom stereocenters. The van der Waals surface area contributed by atoms with Crippen molar-refractivity contribution >= 4 is 29.3 Å². The van der Waals surface area contributed by atoms with Gasteiger partial charge in [0.05, 0.1) is 11.1 Å². The minimum atomic E-state index is -1.09. The molecule has 3 aromatic rings. The Labute approximate surface area is 182 Å². The zero-order chi connectivity index (χ0) is 22.7. The van der Waals surface area contributed by atoms with Gasteiger partial charge in [-0.3, -0.25) is 9.48 Å². The van der Waals surface area contributed by atoms with E-state index in [1.54, 1.807) is 28.8 Å². The van der Waals surface area contributed by atoms with E-state index in [4.69, 9.17) is 16.7 Å². The first-order valence-electron chi connectivity index (χ1n) is 9.42. The fourth-order valence-corrected chi connectivity index (χ4v) is 3.70. The Balaban J connectivity index is 0.000000330. The number of aromatic nitrogens is 4. The summed E-state index contributed by atoms with van der Waals surface area (Å²) in [6.07, 6.45) is 3.56. The average molecular weight is 449 g/mol. The molecule has 0 saturated heterocycles. The number of carboxylic acid groups (broad SMARTS) is 1. The van der Waals surface area contributed by atoms with Crippen LogP contribution in [0.1, 0.15) is 39.9 Å². The summed E-state index contributed by atoms with van der Waals surface area (Å²) in [5.41, 5.74) is 2.48. The van der Waals surface area contributed by atoms with Gasteiger partial charge in [0.25, 0.3) is 5.91 Å². The predicted octanol–water partition coefficient (Wildman–Crippen LogP) is 3.45. The van der Waals surface area contributed by atoms with Crippen molar-refractivity contribution < 1.29 is 19.1 Å². The van der Waals surface area contributed by atoms with Gasteiger partial charge in [-0.25, -0.2) is 14.2 Å². The highest BCUT2D eigenvalue weighted by molar-refractivity contribution is 6.31. The molecule has 0 fully saturated rings. The van der Waals surface area contributed by atoms with E-state index >= 15 is 0 Å². The Kier molecular flexibility index (Phi) is 6.59. The van der Waals surface area contributed by atoms with Crippen LogP contribution in [0, 0.1) is 12.7 Å². The van der Waals surface area contributed by atoms with Crippen LogP contribution >= 0.6 is 11.6 Å². The van der Waals surface area contributed by atoms with Gasteiger partial charge < -0.3 is 20.3 Å². The number of aryl methyl sites for hydroxylation is 3. The number of nitrogens with zero attached hydrogens (tertiary/aromatic N) is 4. The standard InChI is InChI=1S/C16H15ClFN3O3.C4H7N3/c1-21-7-10-9(3-5-13(10)20-16(23)24)14(21)15(22)19-8-2-4-12(18)11(17)6-8;1-4-5-3-7(2)6-4/h2,4,6-7,13,20H,3,5H2,1H3,(H,19,22)(H,23,24);3H,1-2H3. The minimum Gasteiger partial charge on any atom is -0.465 e. The molecule has 31 heavy (non-hydrogen) atoms. The number of nitrogens with one attached hydrogen (secondary N) is 2. The minimum absolute atomic E-state index is 0.0735. The number of amides is 2. The second kappa shape index (κ2) is 9.17. The summed E-state index contributed by atoms with van der Waals surface area (Å²) in [6.45, 7) is 1.86. The molecule has 0 bridgehead atoms. The molecule has 4 rings (SSSR count). The number of fused-ring (bicyclic) bond motifs is 1. The van der Waals surface area contributed by atoms with Crippen LogP contribution in [0.4, 0.5) is 14.9 Å². The van der Waals surface area contributed by atoms with Crippen molar-refractivity contribution in [3.63, 3.8) is 0 Å². The van der Waals surface area contributed by atoms with Crippen molar-refractivity contribution in [2.75, 3.05) is 5.32 Å². The molecule has 3 N–H and O–H groups in total. The van der Waals surface area contributed by atoms with Gasteiger partial charge in [-0.2, -0.15) is 5.10 Å². The lowest BCUT2D eigenvalue weighted by Gasteiger charge is -2.09. The summed E-state index contributed by atoms with van der Waals surface area (Å²) in [4.78, 5) is 27.3. The van der Waals surface area contributed by atoms with Crippen LogP contribution in [0.3, 0.4) is 0 Å². The van der Waals surface area contributed by atoms with Crippen molar-refractivity contribution in [3.05, 3.63) is 64.2 Å². The molecule has 0 radical (unpaired) electrons. The van der Waals surface area contributed by atoms with Crippen LogP contribution in [0.2, 0.25) is 5.02 Å². The number of hydrogen-bond acceptors (Lipinski definition) is 4. The molecule has 11 heteroatoms. The molecular formula is C20H22ClFN6O3. The third-order valence-electron chi connectivity index (χ3n) is 4.78. The quantitative estimate of drug-likeness (QED) is 0.567. The van der Waals surface area contributed by atoms with Crippen molar-refractivity contribution in [1.82, 2.24) is 24.6 Å². The Hall–Kier alpha value is -3.40. The summed E-state index contributed by atoms with van der Waals surface area (Å²) in [5, 5.41) is 17.9. The number of hydrogen-bond donors (Lipinski definition) is 3. The number of anilines is 1. The van der Waals surface area contributed by atoms with E-state index in [1.807, 2.05) is 14.0 Å². The molecule has 1 aliphatic rings. The Bertz CT molecular complexity index is 1110. The molecule has 0 aliphatic heterocycles. The molecule has 2 amide bonds. The normalized spacial score (nSPS) is 14.4. The van der Waals surface area contributed by atoms with Gasteiger partial charge in [-0.1, -0.05) is 11.6 Å². The van der Waals surface area contributed by atoms with E-state index in [0.29, 0.717) is 24.2 Å². The summed E-state index contributed by atoms with van der Waals surface area (Å²) < 4.78 is 16.5. The fraction of sp³-hybridized carbons (Fsp3) is 0.300. The maximum Gasteiger partial charge on any atom is 0.405 e. The van der Waals surface area contributed by atoms with Crippen LogP contribution in [-0.2, 0) is 20.5 Å². The Morgan fingerprint density at radius 2 is 2.06 bits per heavy atom. The van der Waals surface area contributed by atoms with Gasteiger partial charge in [0.15, 0.2) is 0 Å². The highest BCUT2D eigenvalue weighted by Gasteiger charge is 2.31. The SMILES string of the molecule is Cc1ncn(C)n1.Cn1cc2c(c1C(=O)Nc1ccc(F)c(Cl)c1)CCC2NC(=O)O. The van der Waals surface area contributed by atoms with E-state index < -0.39 is 11.9 Å². The lowest BCUT2D eigenvalue weighted by atomic mass is 10.1. The first-order valence-corrected chi connectivity index (χ1v) is 9.79. The zero-order valence-electron chi connectivity index (χ0n) is 17.2. The average Bonchev–Trinajstić information content (AvgIpc) is 3.34. The van der Waals surface area contributed by atoms with E-state index in [9.17, 15) is 14.0 Å². The highest BCUT2D eigenvalue weighted by atomic mass is 35.5. The first kappa shape index (κ1) is 22.3. The third-order valence-corrected chi connectivity index (χ3v) is 5.07. The number of benzene rings is 1. The molecule has 2 heterocycles. The summed E-state index contributed by atoms with van der Waals surface area (Å²) >= 11 is 5.72. The van der Waals surface area contributed by atoms with E-state index in [1.165, 1.54) is 18.2 Å². The molecule has 2 aromatic heterocycles.